The maximum Gasteiger partial charge on any atom is 0.352 e. The molecule has 2 aromatic carbocycles. The van der Waals surface area contributed by atoms with Crippen molar-refractivity contribution in [3.63, 3.8) is 0 Å². The van der Waals surface area contributed by atoms with Crippen LogP contribution in [-0.4, -0.2) is 22.8 Å². The van der Waals surface area contributed by atoms with Crippen molar-refractivity contribution in [1.82, 2.24) is 4.57 Å². The Morgan fingerprint density at radius 3 is 2.54 bits per heavy atom. The number of halogens is 2. The summed E-state index contributed by atoms with van der Waals surface area (Å²) >= 11 is 12.3. The van der Waals surface area contributed by atoms with E-state index in [2.05, 4.69) is 5.32 Å². The van der Waals surface area contributed by atoms with Crippen LogP contribution in [-0.2, 0) is 7.05 Å². The summed E-state index contributed by atoms with van der Waals surface area (Å²) in [5.74, 6) is -0.463. The fraction of sp³-hybridized carbons (Fsp3) is 0.118. The summed E-state index contributed by atoms with van der Waals surface area (Å²) in [7, 11) is 3.22. The summed E-state index contributed by atoms with van der Waals surface area (Å²) in [6.45, 7) is 0. The van der Waals surface area contributed by atoms with Crippen molar-refractivity contribution in [2.24, 2.45) is 7.05 Å². The van der Waals surface area contributed by atoms with Crippen LogP contribution in [0.2, 0.25) is 10.0 Å². The Kier molecular flexibility index (Phi) is 4.30. The van der Waals surface area contributed by atoms with Crippen molar-refractivity contribution in [2.45, 2.75) is 0 Å². The first-order valence-corrected chi connectivity index (χ1v) is 7.79. The molecule has 1 heterocycles. The predicted octanol–water partition coefficient (Wildman–Crippen LogP) is 4.94. The van der Waals surface area contributed by atoms with Gasteiger partial charge in [-0.2, -0.15) is 0 Å². The summed E-state index contributed by atoms with van der Waals surface area (Å²) in [5.41, 5.74) is 2.32. The number of aromatic carboxylic acids is 1. The Hall–Kier alpha value is -2.37. The molecule has 0 spiro atoms. The zero-order chi connectivity index (χ0) is 17.4. The molecule has 3 aromatic rings. The molecule has 0 saturated heterocycles. The predicted molar refractivity (Wildman–Crippen MR) is 96.2 cm³/mol. The van der Waals surface area contributed by atoms with Crippen molar-refractivity contribution in [2.75, 3.05) is 12.4 Å². The number of nitrogens with one attached hydrogen (secondary N) is 1. The van der Waals surface area contributed by atoms with Crippen LogP contribution in [0.3, 0.4) is 0 Å². The average molecular weight is 365 g/mol. The minimum Gasteiger partial charge on any atom is -0.495 e. The topological polar surface area (TPSA) is 63.5 Å². The third-order valence-electron chi connectivity index (χ3n) is 3.79. The molecule has 0 aliphatic heterocycles. The number of hydrogen-bond acceptors (Lipinski definition) is 3. The van der Waals surface area contributed by atoms with Crippen molar-refractivity contribution in [1.29, 1.82) is 0 Å². The summed E-state index contributed by atoms with van der Waals surface area (Å²) in [6.07, 6.45) is 0. The van der Waals surface area contributed by atoms with Gasteiger partial charge in [0.05, 0.1) is 22.7 Å². The molecule has 7 heteroatoms. The molecular formula is C17H14Cl2N2O3. The highest BCUT2D eigenvalue weighted by Gasteiger charge is 2.17. The minimum absolute atomic E-state index is 0.162. The van der Waals surface area contributed by atoms with Crippen LogP contribution in [0.5, 0.6) is 5.75 Å². The Morgan fingerprint density at radius 1 is 1.17 bits per heavy atom. The third kappa shape index (κ3) is 2.77. The SMILES string of the molecule is COc1cc(Nc2ccc(Cl)c3c2cc(C(=O)O)n3C)ccc1Cl. The van der Waals surface area contributed by atoms with Gasteiger partial charge in [0.1, 0.15) is 11.4 Å². The van der Waals surface area contributed by atoms with E-state index in [-0.39, 0.29) is 5.69 Å². The van der Waals surface area contributed by atoms with Crippen LogP contribution in [0.1, 0.15) is 10.5 Å². The number of aryl methyl sites for hydroxylation is 1. The van der Waals surface area contributed by atoms with Crippen molar-refractivity contribution in [3.8, 4) is 5.75 Å². The minimum atomic E-state index is -1.01. The maximum absolute atomic E-state index is 11.4. The first-order valence-electron chi connectivity index (χ1n) is 7.04. The molecule has 0 aliphatic carbocycles. The molecule has 1 aromatic heterocycles. The number of anilines is 2. The highest BCUT2D eigenvalue weighted by Crippen LogP contribution is 2.35. The van der Waals surface area contributed by atoms with E-state index in [1.807, 2.05) is 6.07 Å². The lowest BCUT2D eigenvalue weighted by Crippen LogP contribution is -2.03. The first-order chi connectivity index (χ1) is 11.4. The van der Waals surface area contributed by atoms with E-state index in [1.165, 1.54) is 0 Å². The van der Waals surface area contributed by atoms with Crippen molar-refractivity contribution < 1.29 is 14.6 Å². The largest absolute Gasteiger partial charge is 0.495 e. The fourth-order valence-corrected chi connectivity index (χ4v) is 3.12. The standard InChI is InChI=1S/C17H14Cl2N2O3/c1-21-14(17(22)23)8-10-13(6-5-12(19)16(10)21)20-9-3-4-11(18)15(7-9)24-2/h3-8,20H,1-2H3,(H,22,23). The van der Waals surface area contributed by atoms with Crippen molar-refractivity contribution in [3.05, 3.63) is 52.1 Å². The number of rotatable bonds is 4. The average Bonchev–Trinajstić information content (AvgIpc) is 2.90. The van der Waals surface area contributed by atoms with Gasteiger partial charge in [0.15, 0.2) is 0 Å². The summed E-state index contributed by atoms with van der Waals surface area (Å²) in [4.78, 5) is 11.4. The molecule has 0 radical (unpaired) electrons. The summed E-state index contributed by atoms with van der Waals surface area (Å²) < 4.78 is 6.77. The second-order valence-electron chi connectivity index (χ2n) is 5.23. The van der Waals surface area contributed by atoms with Crippen LogP contribution in [0, 0.1) is 0 Å². The van der Waals surface area contributed by atoms with E-state index < -0.39 is 5.97 Å². The van der Waals surface area contributed by atoms with Crippen LogP contribution in [0.4, 0.5) is 11.4 Å². The molecule has 0 aliphatic rings. The molecule has 24 heavy (non-hydrogen) atoms. The third-order valence-corrected chi connectivity index (χ3v) is 4.41. The monoisotopic (exact) mass is 364 g/mol. The number of nitrogens with zero attached hydrogens (tertiary/aromatic N) is 1. The Labute approximate surface area is 148 Å². The fourth-order valence-electron chi connectivity index (χ4n) is 2.63. The zero-order valence-electron chi connectivity index (χ0n) is 12.9. The molecule has 0 bridgehead atoms. The number of aromatic nitrogens is 1. The number of carbonyl (C=O) groups is 1. The van der Waals surface area contributed by atoms with Gasteiger partial charge >= 0.3 is 5.97 Å². The van der Waals surface area contributed by atoms with Gasteiger partial charge in [-0.3, -0.25) is 0 Å². The first kappa shape index (κ1) is 16.5. The molecular weight excluding hydrogens is 351 g/mol. The normalized spacial score (nSPS) is 10.8. The smallest absolute Gasteiger partial charge is 0.352 e. The van der Waals surface area contributed by atoms with Crippen molar-refractivity contribution >= 4 is 51.4 Å². The highest BCUT2D eigenvalue weighted by molar-refractivity contribution is 6.36. The van der Waals surface area contributed by atoms with Gasteiger partial charge in [-0.25, -0.2) is 4.79 Å². The van der Waals surface area contributed by atoms with E-state index in [4.69, 9.17) is 27.9 Å². The van der Waals surface area contributed by atoms with Gasteiger partial charge in [0.2, 0.25) is 0 Å². The molecule has 3 rings (SSSR count). The molecule has 2 N–H and O–H groups in total. The number of carboxylic acid groups (broad SMARTS) is 1. The maximum atomic E-state index is 11.4. The van der Waals surface area contributed by atoms with Gasteiger partial charge < -0.3 is 19.7 Å². The Bertz CT molecular complexity index is 951. The molecule has 0 fully saturated rings. The van der Waals surface area contributed by atoms with Gasteiger partial charge in [0.25, 0.3) is 0 Å². The summed E-state index contributed by atoms with van der Waals surface area (Å²) in [6, 6.07) is 10.4. The highest BCUT2D eigenvalue weighted by atomic mass is 35.5. The quantitative estimate of drug-likeness (QED) is 0.688. The molecule has 0 unspecified atom stereocenters. The van der Waals surface area contributed by atoms with Crippen LogP contribution < -0.4 is 10.1 Å². The second-order valence-corrected chi connectivity index (χ2v) is 6.04. The van der Waals surface area contributed by atoms with Gasteiger partial charge in [0, 0.05) is 29.9 Å². The van der Waals surface area contributed by atoms with Crippen LogP contribution in [0.25, 0.3) is 10.9 Å². The number of methoxy groups -OCH3 is 1. The van der Waals surface area contributed by atoms with Crippen LogP contribution >= 0.6 is 23.2 Å². The second kappa shape index (κ2) is 6.26. The zero-order valence-corrected chi connectivity index (χ0v) is 14.4. The molecule has 0 amide bonds. The van der Waals surface area contributed by atoms with E-state index in [1.54, 1.807) is 49.1 Å². The Morgan fingerprint density at radius 2 is 1.88 bits per heavy atom. The van der Waals surface area contributed by atoms with Gasteiger partial charge in [-0.1, -0.05) is 23.2 Å². The molecule has 124 valence electrons. The molecule has 0 atom stereocenters. The molecule has 0 saturated carbocycles. The summed E-state index contributed by atoms with van der Waals surface area (Å²) in [5, 5.41) is 14.3. The van der Waals surface area contributed by atoms with E-state index in [0.717, 1.165) is 16.8 Å². The van der Waals surface area contributed by atoms with E-state index in [0.29, 0.717) is 21.3 Å². The number of carboxylic acids is 1. The number of hydrogen-bond donors (Lipinski definition) is 2. The van der Waals surface area contributed by atoms with E-state index >= 15 is 0 Å². The van der Waals surface area contributed by atoms with Gasteiger partial charge in [-0.15, -0.1) is 0 Å². The number of benzene rings is 2. The lowest BCUT2D eigenvalue weighted by molar-refractivity contribution is 0.0687. The molecule has 5 nitrogen and oxygen atoms in total. The lowest BCUT2D eigenvalue weighted by atomic mass is 10.2. The van der Waals surface area contributed by atoms with E-state index in [9.17, 15) is 9.90 Å². The Balaban J connectivity index is 2.12. The van der Waals surface area contributed by atoms with Crippen LogP contribution in [0.15, 0.2) is 36.4 Å². The number of fused-ring (bicyclic) bond motifs is 1. The van der Waals surface area contributed by atoms with Gasteiger partial charge in [-0.05, 0) is 30.3 Å². The number of ether oxygens (including phenoxy) is 1. The lowest BCUT2D eigenvalue weighted by Gasteiger charge is -2.11.